The van der Waals surface area contributed by atoms with Crippen LogP contribution in [0, 0.1) is 13.8 Å². The Morgan fingerprint density at radius 1 is 0.938 bits per heavy atom. The highest BCUT2D eigenvalue weighted by Crippen LogP contribution is 2.11. The highest BCUT2D eigenvalue weighted by atomic mass is 15.0. The zero-order valence-electron chi connectivity index (χ0n) is 10.1. The summed E-state index contributed by atoms with van der Waals surface area (Å²) in [4.78, 5) is 0. The molecule has 16 heavy (non-hydrogen) atoms. The summed E-state index contributed by atoms with van der Waals surface area (Å²) >= 11 is 0. The van der Waals surface area contributed by atoms with E-state index in [4.69, 9.17) is 0 Å². The number of hydrogen-bond acceptors (Lipinski definition) is 0. The monoisotopic (exact) mass is 212 g/mol. The summed E-state index contributed by atoms with van der Waals surface area (Å²) in [6, 6.07) is 13.2. The maximum atomic E-state index is 2.28. The highest BCUT2D eigenvalue weighted by Gasteiger charge is 2.14. The number of benzene rings is 1. The lowest BCUT2D eigenvalue weighted by molar-refractivity contribution is -0.711. The molecule has 0 radical (unpaired) electrons. The van der Waals surface area contributed by atoms with Crippen LogP contribution in [0.2, 0.25) is 0 Å². The third kappa shape index (κ3) is 2.30. The van der Waals surface area contributed by atoms with Crippen LogP contribution in [0.5, 0.6) is 0 Å². The van der Waals surface area contributed by atoms with Gasteiger partial charge in [-0.15, -0.1) is 0 Å². The molecule has 1 heterocycles. The van der Waals surface area contributed by atoms with Crippen molar-refractivity contribution in [2.45, 2.75) is 26.8 Å². The molecule has 0 aliphatic carbocycles. The number of hydrogen-bond donors (Lipinski definition) is 0. The lowest BCUT2D eigenvalue weighted by Gasteiger charge is -2.08. The fourth-order valence-corrected chi connectivity index (χ4v) is 2.07. The van der Waals surface area contributed by atoms with E-state index >= 15 is 0 Å². The molecule has 0 saturated heterocycles. The minimum atomic E-state index is 0.389. The highest BCUT2D eigenvalue weighted by molar-refractivity contribution is 5.17. The van der Waals surface area contributed by atoms with Gasteiger partial charge in [0, 0.05) is 23.6 Å². The quantitative estimate of drug-likeness (QED) is 0.673. The molecule has 0 saturated carbocycles. The van der Waals surface area contributed by atoms with Crippen LogP contribution in [-0.2, 0) is 0 Å². The van der Waals surface area contributed by atoms with E-state index in [1.807, 2.05) is 0 Å². The molecular weight excluding hydrogens is 194 g/mol. The van der Waals surface area contributed by atoms with E-state index in [0.29, 0.717) is 6.04 Å². The summed E-state index contributed by atoms with van der Waals surface area (Å²) in [5.74, 6) is 0. The Bertz CT molecular complexity index is 454. The molecule has 1 nitrogen and oxygen atoms in total. The summed E-state index contributed by atoms with van der Waals surface area (Å²) in [6.45, 7) is 6.51. The molecule has 2 rings (SSSR count). The van der Waals surface area contributed by atoms with E-state index in [-0.39, 0.29) is 0 Å². The zero-order chi connectivity index (χ0) is 11.5. The van der Waals surface area contributed by atoms with Crippen LogP contribution in [0.3, 0.4) is 0 Å². The topological polar surface area (TPSA) is 3.88 Å². The van der Waals surface area contributed by atoms with Crippen molar-refractivity contribution in [3.05, 3.63) is 65.5 Å². The average molecular weight is 212 g/mol. The molecule has 1 aromatic carbocycles. The molecule has 1 atom stereocenters. The molecule has 1 heteroatoms. The standard InChI is InChI=1S/C15H18N/c1-12-9-13(2)11-16(10-12)14(3)15-7-5-4-6-8-15/h4-11,14H,1-3H3/q+1. The van der Waals surface area contributed by atoms with Gasteiger partial charge in [0.2, 0.25) is 0 Å². The van der Waals surface area contributed by atoms with Crippen molar-refractivity contribution >= 4 is 0 Å². The van der Waals surface area contributed by atoms with E-state index in [9.17, 15) is 0 Å². The molecule has 82 valence electrons. The van der Waals surface area contributed by atoms with Crippen molar-refractivity contribution in [2.24, 2.45) is 0 Å². The Morgan fingerprint density at radius 2 is 1.50 bits per heavy atom. The van der Waals surface area contributed by atoms with E-state index in [0.717, 1.165) is 0 Å². The average Bonchev–Trinajstić information content (AvgIpc) is 2.28. The van der Waals surface area contributed by atoms with Gasteiger partial charge >= 0.3 is 0 Å². The van der Waals surface area contributed by atoms with Gasteiger partial charge in [0.15, 0.2) is 18.4 Å². The summed E-state index contributed by atoms with van der Waals surface area (Å²) in [5.41, 5.74) is 3.96. The summed E-state index contributed by atoms with van der Waals surface area (Å²) < 4.78 is 2.28. The Hall–Kier alpha value is -1.63. The number of nitrogens with zero attached hydrogens (tertiary/aromatic N) is 1. The largest absolute Gasteiger partial charge is 0.198 e. The molecule has 0 bridgehead atoms. The first-order chi connectivity index (χ1) is 7.66. The first kappa shape index (κ1) is 10.9. The SMILES string of the molecule is Cc1cc(C)c[n+](C(C)c2ccccc2)c1. The van der Waals surface area contributed by atoms with Gasteiger partial charge in [0.05, 0.1) is 0 Å². The van der Waals surface area contributed by atoms with E-state index in [1.54, 1.807) is 0 Å². The molecule has 1 aromatic heterocycles. The van der Waals surface area contributed by atoms with Crippen LogP contribution >= 0.6 is 0 Å². The van der Waals surface area contributed by atoms with Gasteiger partial charge < -0.3 is 0 Å². The van der Waals surface area contributed by atoms with Crippen molar-refractivity contribution in [2.75, 3.05) is 0 Å². The van der Waals surface area contributed by atoms with E-state index in [1.165, 1.54) is 16.7 Å². The molecule has 2 aromatic rings. The second-order valence-electron chi connectivity index (χ2n) is 4.42. The zero-order valence-corrected chi connectivity index (χ0v) is 10.1. The van der Waals surface area contributed by atoms with E-state index < -0.39 is 0 Å². The van der Waals surface area contributed by atoms with Crippen LogP contribution in [0.4, 0.5) is 0 Å². The van der Waals surface area contributed by atoms with Crippen molar-refractivity contribution < 1.29 is 4.57 Å². The van der Waals surface area contributed by atoms with Gasteiger partial charge in [-0.05, 0) is 19.9 Å². The smallest absolute Gasteiger partial charge is 0.180 e. The lowest BCUT2D eigenvalue weighted by atomic mass is 10.1. The second kappa shape index (κ2) is 4.48. The predicted molar refractivity (Wildman–Crippen MR) is 66.4 cm³/mol. The molecule has 0 spiro atoms. The number of aromatic nitrogens is 1. The van der Waals surface area contributed by atoms with Crippen LogP contribution in [0.25, 0.3) is 0 Å². The van der Waals surface area contributed by atoms with Gasteiger partial charge in [-0.2, -0.15) is 4.57 Å². The third-order valence-corrected chi connectivity index (χ3v) is 2.89. The summed E-state index contributed by atoms with van der Waals surface area (Å²) in [6.07, 6.45) is 4.40. The number of rotatable bonds is 2. The second-order valence-corrected chi connectivity index (χ2v) is 4.42. The first-order valence-electron chi connectivity index (χ1n) is 5.71. The Labute approximate surface area is 97.4 Å². The molecule has 1 unspecified atom stereocenters. The van der Waals surface area contributed by atoms with Gasteiger partial charge in [-0.25, -0.2) is 0 Å². The maximum absolute atomic E-state index is 2.28. The van der Waals surface area contributed by atoms with Gasteiger partial charge in [-0.1, -0.05) is 30.3 Å². The number of aryl methyl sites for hydroxylation is 2. The van der Waals surface area contributed by atoms with Crippen molar-refractivity contribution in [1.29, 1.82) is 0 Å². The predicted octanol–water partition coefficient (Wildman–Crippen LogP) is 3.20. The molecule has 0 N–H and O–H groups in total. The fourth-order valence-electron chi connectivity index (χ4n) is 2.07. The minimum Gasteiger partial charge on any atom is -0.198 e. The fraction of sp³-hybridized carbons (Fsp3) is 0.267. The maximum Gasteiger partial charge on any atom is 0.180 e. The normalized spacial score (nSPS) is 12.4. The van der Waals surface area contributed by atoms with Crippen molar-refractivity contribution in [3.8, 4) is 0 Å². The van der Waals surface area contributed by atoms with Gasteiger partial charge in [-0.3, -0.25) is 0 Å². The van der Waals surface area contributed by atoms with Crippen LogP contribution < -0.4 is 4.57 Å². The van der Waals surface area contributed by atoms with Crippen molar-refractivity contribution in [1.82, 2.24) is 0 Å². The Kier molecular flexibility index (Phi) is 3.04. The summed E-state index contributed by atoms with van der Waals surface area (Å²) in [7, 11) is 0. The Balaban J connectivity index is 2.37. The lowest BCUT2D eigenvalue weighted by Crippen LogP contribution is -2.38. The van der Waals surface area contributed by atoms with Gasteiger partial charge in [0.1, 0.15) is 0 Å². The van der Waals surface area contributed by atoms with Crippen LogP contribution in [0.1, 0.15) is 29.7 Å². The molecule has 0 amide bonds. The van der Waals surface area contributed by atoms with Gasteiger partial charge in [0.25, 0.3) is 0 Å². The Morgan fingerprint density at radius 3 is 2.06 bits per heavy atom. The number of pyridine rings is 1. The first-order valence-corrected chi connectivity index (χ1v) is 5.71. The molecule has 0 fully saturated rings. The molecule has 0 aliphatic heterocycles. The van der Waals surface area contributed by atoms with Crippen LogP contribution in [-0.4, -0.2) is 0 Å². The third-order valence-electron chi connectivity index (χ3n) is 2.89. The minimum absolute atomic E-state index is 0.389. The van der Waals surface area contributed by atoms with Crippen molar-refractivity contribution in [3.63, 3.8) is 0 Å². The molecular formula is C15H18N+. The summed E-state index contributed by atoms with van der Waals surface area (Å²) in [5, 5.41) is 0. The van der Waals surface area contributed by atoms with E-state index in [2.05, 4.69) is 74.1 Å². The molecule has 0 aliphatic rings. The van der Waals surface area contributed by atoms with Crippen LogP contribution in [0.15, 0.2) is 48.8 Å².